The first kappa shape index (κ1) is 12.3. The van der Waals surface area contributed by atoms with Crippen LogP contribution in [-0.2, 0) is 0 Å². The molecule has 0 atom stereocenters. The lowest BCUT2D eigenvalue weighted by atomic mass is 10.1. The zero-order chi connectivity index (χ0) is 12.4. The second kappa shape index (κ2) is 4.98. The number of carbonyl (C=O) groups is 1. The van der Waals surface area contributed by atoms with Gasteiger partial charge in [-0.3, -0.25) is 4.79 Å². The molecule has 0 N–H and O–H groups in total. The van der Waals surface area contributed by atoms with E-state index in [1.165, 1.54) is 11.8 Å². The Balaban J connectivity index is 2.51. The van der Waals surface area contributed by atoms with E-state index in [0.29, 0.717) is 16.3 Å². The summed E-state index contributed by atoms with van der Waals surface area (Å²) in [5.41, 5.74) is 1.47. The summed E-state index contributed by atoms with van der Waals surface area (Å²) in [4.78, 5) is 11.8. The Hall–Kier alpha value is -1.19. The maximum Gasteiger partial charge on any atom is 0.222 e. The van der Waals surface area contributed by atoms with E-state index in [9.17, 15) is 4.79 Å². The first-order valence-electron chi connectivity index (χ1n) is 5.06. The van der Waals surface area contributed by atoms with Crippen LogP contribution < -0.4 is 0 Å². The molecule has 0 aliphatic rings. The van der Waals surface area contributed by atoms with Gasteiger partial charge in [0, 0.05) is 10.6 Å². The van der Waals surface area contributed by atoms with Crippen LogP contribution in [0.1, 0.15) is 16.1 Å². The molecule has 1 aromatic heterocycles. The molecule has 0 spiro atoms. The van der Waals surface area contributed by atoms with Gasteiger partial charge in [0.1, 0.15) is 11.5 Å². The molecule has 2 nitrogen and oxygen atoms in total. The molecule has 0 bridgehead atoms. The topological polar surface area (TPSA) is 30.2 Å². The third-order valence-electron chi connectivity index (χ3n) is 2.37. The largest absolute Gasteiger partial charge is 0.461 e. The monoisotopic (exact) mass is 266 g/mol. The van der Waals surface area contributed by atoms with E-state index in [1.54, 1.807) is 24.5 Å². The highest BCUT2D eigenvalue weighted by Gasteiger charge is 2.17. The van der Waals surface area contributed by atoms with Crippen LogP contribution in [-0.4, -0.2) is 11.4 Å². The van der Waals surface area contributed by atoms with Crippen LogP contribution in [0.4, 0.5) is 0 Å². The van der Waals surface area contributed by atoms with Crippen LogP contribution >= 0.6 is 23.4 Å². The Morgan fingerprint density at radius 3 is 2.53 bits per heavy atom. The van der Waals surface area contributed by atoms with Crippen LogP contribution in [0, 0.1) is 6.92 Å². The van der Waals surface area contributed by atoms with Gasteiger partial charge >= 0.3 is 0 Å². The van der Waals surface area contributed by atoms with Crippen LogP contribution in [0.2, 0.25) is 5.02 Å². The zero-order valence-corrected chi connectivity index (χ0v) is 11.1. The minimum absolute atomic E-state index is 0.00630. The molecule has 2 rings (SSSR count). The minimum Gasteiger partial charge on any atom is -0.461 e. The smallest absolute Gasteiger partial charge is 0.222 e. The molecular weight excluding hydrogens is 256 g/mol. The normalized spacial score (nSPS) is 10.5. The molecular formula is C13H11ClO2S. The Morgan fingerprint density at radius 1 is 1.29 bits per heavy atom. The quantitative estimate of drug-likeness (QED) is 0.806. The standard InChI is InChI=1S/C13H11ClO2S/c1-8-7-11(13(15)17-2)12(16-8)9-3-5-10(14)6-4-9/h3-7H,1-2H3. The van der Waals surface area contributed by atoms with Gasteiger partial charge in [0.25, 0.3) is 0 Å². The number of furan rings is 1. The predicted molar refractivity (Wildman–Crippen MR) is 71.7 cm³/mol. The molecule has 0 amide bonds. The SMILES string of the molecule is CSC(=O)c1cc(C)oc1-c1ccc(Cl)cc1. The van der Waals surface area contributed by atoms with Crippen molar-refractivity contribution in [1.82, 2.24) is 0 Å². The van der Waals surface area contributed by atoms with Gasteiger partial charge in [0.2, 0.25) is 5.12 Å². The van der Waals surface area contributed by atoms with Gasteiger partial charge < -0.3 is 4.42 Å². The van der Waals surface area contributed by atoms with Crippen LogP contribution in [0.3, 0.4) is 0 Å². The molecule has 0 radical (unpaired) electrons. The molecule has 1 aromatic carbocycles. The number of hydrogen-bond acceptors (Lipinski definition) is 3. The Bertz CT molecular complexity index is 543. The highest BCUT2D eigenvalue weighted by atomic mass is 35.5. The number of hydrogen-bond donors (Lipinski definition) is 0. The first-order chi connectivity index (χ1) is 8.11. The summed E-state index contributed by atoms with van der Waals surface area (Å²) in [6.07, 6.45) is 1.76. The molecule has 2 aromatic rings. The fourth-order valence-electron chi connectivity index (χ4n) is 1.59. The van der Waals surface area contributed by atoms with Crippen molar-refractivity contribution in [3.8, 4) is 11.3 Å². The van der Waals surface area contributed by atoms with E-state index < -0.39 is 0 Å². The van der Waals surface area contributed by atoms with Crippen LogP contribution in [0.5, 0.6) is 0 Å². The Labute approximate surface area is 109 Å². The van der Waals surface area contributed by atoms with Gasteiger partial charge in [0.05, 0.1) is 5.56 Å². The zero-order valence-electron chi connectivity index (χ0n) is 9.49. The molecule has 17 heavy (non-hydrogen) atoms. The highest BCUT2D eigenvalue weighted by Crippen LogP contribution is 2.30. The van der Waals surface area contributed by atoms with E-state index in [1.807, 2.05) is 19.1 Å². The lowest BCUT2D eigenvalue weighted by Crippen LogP contribution is -1.92. The van der Waals surface area contributed by atoms with E-state index in [4.69, 9.17) is 16.0 Å². The molecule has 1 heterocycles. The predicted octanol–water partition coefficient (Wildman–Crippen LogP) is 4.41. The van der Waals surface area contributed by atoms with E-state index in [0.717, 1.165) is 11.3 Å². The highest BCUT2D eigenvalue weighted by molar-refractivity contribution is 8.13. The van der Waals surface area contributed by atoms with Crippen molar-refractivity contribution in [2.24, 2.45) is 0 Å². The van der Waals surface area contributed by atoms with Crippen molar-refractivity contribution in [3.63, 3.8) is 0 Å². The summed E-state index contributed by atoms with van der Waals surface area (Å²) in [5, 5.41) is 0.668. The molecule has 4 heteroatoms. The fraction of sp³-hybridized carbons (Fsp3) is 0.154. The van der Waals surface area contributed by atoms with Crippen LogP contribution in [0.25, 0.3) is 11.3 Å². The van der Waals surface area contributed by atoms with Gasteiger partial charge in [0.15, 0.2) is 0 Å². The maximum absolute atomic E-state index is 11.8. The molecule has 0 unspecified atom stereocenters. The average molecular weight is 267 g/mol. The summed E-state index contributed by atoms with van der Waals surface area (Å²) in [5.74, 6) is 1.34. The number of thioether (sulfide) groups is 1. The number of carbonyl (C=O) groups excluding carboxylic acids is 1. The maximum atomic E-state index is 11.8. The Kier molecular flexibility index (Phi) is 3.60. The van der Waals surface area contributed by atoms with Crippen molar-refractivity contribution >= 4 is 28.5 Å². The molecule has 0 saturated carbocycles. The lowest BCUT2D eigenvalue weighted by Gasteiger charge is -2.00. The van der Waals surface area contributed by atoms with Crippen molar-refractivity contribution < 1.29 is 9.21 Å². The first-order valence-corrected chi connectivity index (χ1v) is 6.67. The van der Waals surface area contributed by atoms with Gasteiger partial charge in [-0.05, 0) is 43.5 Å². The summed E-state index contributed by atoms with van der Waals surface area (Å²) in [6.45, 7) is 1.83. The molecule has 0 fully saturated rings. The second-order valence-corrected chi connectivity index (χ2v) is 4.81. The van der Waals surface area contributed by atoms with E-state index in [2.05, 4.69) is 0 Å². The molecule has 0 aliphatic carbocycles. The van der Waals surface area contributed by atoms with Gasteiger partial charge in [-0.1, -0.05) is 23.4 Å². The number of aryl methyl sites for hydroxylation is 1. The van der Waals surface area contributed by atoms with Crippen molar-refractivity contribution in [2.45, 2.75) is 6.92 Å². The average Bonchev–Trinajstić information content (AvgIpc) is 2.71. The second-order valence-electron chi connectivity index (χ2n) is 3.60. The van der Waals surface area contributed by atoms with Gasteiger partial charge in [-0.15, -0.1) is 0 Å². The van der Waals surface area contributed by atoms with E-state index in [-0.39, 0.29) is 5.12 Å². The number of rotatable bonds is 2. The third kappa shape index (κ3) is 2.56. The Morgan fingerprint density at radius 2 is 1.94 bits per heavy atom. The van der Waals surface area contributed by atoms with Crippen molar-refractivity contribution in [1.29, 1.82) is 0 Å². The van der Waals surface area contributed by atoms with Gasteiger partial charge in [-0.25, -0.2) is 0 Å². The summed E-state index contributed by atoms with van der Waals surface area (Å²) < 4.78 is 5.59. The third-order valence-corrected chi connectivity index (χ3v) is 3.21. The summed E-state index contributed by atoms with van der Waals surface area (Å²) >= 11 is 7.01. The van der Waals surface area contributed by atoms with Crippen molar-refractivity contribution in [3.05, 3.63) is 46.7 Å². The summed E-state index contributed by atoms with van der Waals surface area (Å²) in [7, 11) is 0. The minimum atomic E-state index is 0.00630. The summed E-state index contributed by atoms with van der Waals surface area (Å²) in [6, 6.07) is 9.02. The molecule has 0 aliphatic heterocycles. The lowest BCUT2D eigenvalue weighted by molar-refractivity contribution is 0.108. The number of benzene rings is 1. The van der Waals surface area contributed by atoms with E-state index >= 15 is 0 Å². The van der Waals surface area contributed by atoms with Gasteiger partial charge in [-0.2, -0.15) is 0 Å². The fourth-order valence-corrected chi connectivity index (χ4v) is 2.09. The molecule has 0 saturated heterocycles. The molecule has 88 valence electrons. The van der Waals surface area contributed by atoms with Crippen LogP contribution in [0.15, 0.2) is 34.7 Å². The van der Waals surface area contributed by atoms with Crippen molar-refractivity contribution in [2.75, 3.05) is 6.26 Å². The number of halogens is 1.